The first-order valence-electron chi connectivity index (χ1n) is 20.4. The molecule has 0 spiro atoms. The number of carboxylic acids is 1. The summed E-state index contributed by atoms with van der Waals surface area (Å²) >= 11 is 0. The van der Waals surface area contributed by atoms with Crippen molar-refractivity contribution in [2.45, 2.75) is 116 Å². The van der Waals surface area contributed by atoms with Gasteiger partial charge in [0.1, 0.15) is 42.3 Å². The molecule has 3 aromatic rings. The second-order valence-electron chi connectivity index (χ2n) is 16.1. The average molecular weight is 881 g/mol. The third-order valence-electron chi connectivity index (χ3n) is 10.1. The number of amides is 8. The topological polar surface area (TPSA) is 351 Å². The van der Waals surface area contributed by atoms with Crippen LogP contribution in [0.5, 0.6) is 0 Å². The minimum absolute atomic E-state index is 0.00814. The number of aromatic nitrogens is 4. The highest BCUT2D eigenvalue weighted by Crippen LogP contribution is 2.19. The molecule has 0 saturated heterocycles. The molecule has 4 rings (SSSR count). The summed E-state index contributed by atoms with van der Waals surface area (Å²) < 4.78 is 1.14. The van der Waals surface area contributed by atoms with E-state index in [-0.39, 0.29) is 30.9 Å². The molecule has 2 bridgehead atoms. The van der Waals surface area contributed by atoms with Crippen LogP contribution in [0.15, 0.2) is 36.7 Å². The summed E-state index contributed by atoms with van der Waals surface area (Å²) in [5.41, 5.74) is 7.30. The van der Waals surface area contributed by atoms with Crippen molar-refractivity contribution < 1.29 is 53.4 Å². The fourth-order valence-corrected chi connectivity index (χ4v) is 6.87. The first-order chi connectivity index (χ1) is 29.8. The molecule has 2 aromatic heterocycles. The SMILES string of the molecule is CC(=O)N[C@H](C(=O)N[C@H]1Cn2cc(nn2)C[C@@H](C(=O)N[C@@H](Cc2c[nH]c3ccccc23)C(N)=O)NC(=O)[C@H](CC(C)C)NC(=O)[C@H](CCC(=O)O)NC(=O)[C@H](CO)NC1=O)C(C)C. The fraction of sp³-hybridized carbons (Fsp3) is 0.525. The summed E-state index contributed by atoms with van der Waals surface area (Å²) in [5, 5.41) is 46.1. The van der Waals surface area contributed by atoms with Crippen molar-refractivity contribution in [2.75, 3.05) is 6.61 Å². The molecule has 0 unspecified atom stereocenters. The predicted molar refractivity (Wildman–Crippen MR) is 222 cm³/mol. The molecular weight excluding hydrogens is 825 g/mol. The Labute approximate surface area is 361 Å². The summed E-state index contributed by atoms with van der Waals surface area (Å²) in [5.74, 6) is -9.03. The number of aromatic amines is 1. The van der Waals surface area contributed by atoms with E-state index in [1.807, 2.05) is 18.2 Å². The lowest BCUT2D eigenvalue weighted by atomic mass is 10.0. The molecule has 0 aliphatic carbocycles. The lowest BCUT2D eigenvalue weighted by molar-refractivity contribution is -0.139. The number of nitrogens with zero attached hydrogens (tertiary/aromatic N) is 3. The van der Waals surface area contributed by atoms with Crippen molar-refractivity contribution in [1.29, 1.82) is 0 Å². The van der Waals surface area contributed by atoms with E-state index >= 15 is 0 Å². The number of carbonyl (C=O) groups is 9. The zero-order valence-corrected chi connectivity index (χ0v) is 35.6. The number of nitrogens with one attached hydrogen (secondary N) is 8. The highest BCUT2D eigenvalue weighted by molar-refractivity contribution is 5.98. The van der Waals surface area contributed by atoms with Crippen LogP contribution in [0.1, 0.15) is 65.1 Å². The van der Waals surface area contributed by atoms with Crippen molar-refractivity contribution >= 4 is 64.1 Å². The molecule has 8 amide bonds. The Kier molecular flexibility index (Phi) is 17.2. The summed E-state index contributed by atoms with van der Waals surface area (Å²) in [6, 6.07) is -2.82. The van der Waals surface area contributed by atoms with Crippen LogP contribution >= 0.6 is 0 Å². The number of benzene rings is 1. The van der Waals surface area contributed by atoms with E-state index in [2.05, 4.69) is 52.5 Å². The highest BCUT2D eigenvalue weighted by Gasteiger charge is 2.36. The second kappa shape index (κ2) is 22.3. The lowest BCUT2D eigenvalue weighted by Crippen LogP contribution is -2.61. The molecule has 7 atom stereocenters. The number of fused-ring (bicyclic) bond motifs is 3. The lowest BCUT2D eigenvalue weighted by Gasteiger charge is -2.28. The predicted octanol–water partition coefficient (Wildman–Crippen LogP) is -2.98. The zero-order chi connectivity index (χ0) is 46.5. The smallest absolute Gasteiger partial charge is 0.303 e. The van der Waals surface area contributed by atoms with Crippen LogP contribution in [-0.2, 0) is 62.5 Å². The van der Waals surface area contributed by atoms with Gasteiger partial charge in [0.25, 0.3) is 0 Å². The molecule has 342 valence electrons. The van der Waals surface area contributed by atoms with Crippen molar-refractivity contribution in [1.82, 2.24) is 57.2 Å². The monoisotopic (exact) mass is 880 g/mol. The van der Waals surface area contributed by atoms with E-state index < -0.39 is 127 Å². The Morgan fingerprint density at radius 1 is 0.905 bits per heavy atom. The number of rotatable bonds is 15. The summed E-state index contributed by atoms with van der Waals surface area (Å²) in [4.78, 5) is 122. The van der Waals surface area contributed by atoms with Crippen LogP contribution in [0.2, 0.25) is 0 Å². The Morgan fingerprint density at radius 3 is 2.19 bits per heavy atom. The highest BCUT2D eigenvalue weighted by atomic mass is 16.4. The molecule has 63 heavy (non-hydrogen) atoms. The van der Waals surface area contributed by atoms with Crippen LogP contribution in [0, 0.1) is 11.8 Å². The Morgan fingerprint density at radius 2 is 1.56 bits per heavy atom. The van der Waals surface area contributed by atoms with Gasteiger partial charge in [-0.1, -0.05) is 51.1 Å². The average Bonchev–Trinajstić information content (AvgIpc) is 3.84. The first kappa shape index (κ1) is 48.8. The van der Waals surface area contributed by atoms with Gasteiger partial charge in [-0.25, -0.2) is 4.68 Å². The van der Waals surface area contributed by atoms with Crippen LogP contribution in [0.25, 0.3) is 10.9 Å². The van der Waals surface area contributed by atoms with Gasteiger partial charge in [-0.05, 0) is 36.3 Å². The number of hydrogen-bond acceptors (Lipinski definition) is 12. The molecule has 0 radical (unpaired) electrons. The number of H-pyrrole nitrogens is 1. The summed E-state index contributed by atoms with van der Waals surface area (Å²) in [6.45, 7) is 6.57. The van der Waals surface area contributed by atoms with E-state index in [1.54, 1.807) is 40.0 Å². The molecule has 23 heteroatoms. The van der Waals surface area contributed by atoms with Crippen LogP contribution in [-0.4, -0.2) is 132 Å². The molecule has 0 saturated carbocycles. The van der Waals surface area contributed by atoms with Crippen molar-refractivity contribution in [3.05, 3.63) is 47.9 Å². The van der Waals surface area contributed by atoms with Crippen molar-refractivity contribution in [3.63, 3.8) is 0 Å². The molecule has 1 aliphatic rings. The zero-order valence-electron chi connectivity index (χ0n) is 35.6. The third kappa shape index (κ3) is 14.1. The Balaban J connectivity index is 1.76. The second-order valence-corrected chi connectivity index (χ2v) is 16.1. The maximum atomic E-state index is 14.2. The van der Waals surface area contributed by atoms with Crippen molar-refractivity contribution in [2.24, 2.45) is 17.6 Å². The fourth-order valence-electron chi connectivity index (χ4n) is 6.87. The van der Waals surface area contributed by atoms with Crippen molar-refractivity contribution in [3.8, 4) is 0 Å². The van der Waals surface area contributed by atoms with E-state index in [0.717, 1.165) is 15.6 Å². The summed E-state index contributed by atoms with van der Waals surface area (Å²) in [7, 11) is 0. The largest absolute Gasteiger partial charge is 0.481 e. The first-order valence-corrected chi connectivity index (χ1v) is 20.4. The van der Waals surface area contributed by atoms with E-state index in [1.165, 1.54) is 13.1 Å². The quantitative estimate of drug-likeness (QED) is 0.0727. The van der Waals surface area contributed by atoms with E-state index in [9.17, 15) is 53.4 Å². The number of aliphatic hydroxyl groups excluding tert-OH is 1. The molecule has 3 heterocycles. The third-order valence-corrected chi connectivity index (χ3v) is 10.1. The minimum Gasteiger partial charge on any atom is -0.481 e. The van der Waals surface area contributed by atoms with Gasteiger partial charge >= 0.3 is 5.97 Å². The number of nitrogens with two attached hydrogens (primary N) is 1. The number of aliphatic hydroxyl groups is 1. The van der Waals surface area contributed by atoms with Gasteiger partial charge in [-0.15, -0.1) is 5.10 Å². The number of carbonyl (C=O) groups excluding carboxylic acids is 8. The number of hydrogen-bond donors (Lipinski definition) is 11. The molecule has 1 aliphatic heterocycles. The van der Waals surface area contributed by atoms with Gasteiger partial charge in [0.05, 0.1) is 18.8 Å². The molecule has 1 aromatic carbocycles. The van der Waals surface area contributed by atoms with Crippen LogP contribution in [0.4, 0.5) is 0 Å². The number of carboxylic acid groups (broad SMARTS) is 1. The maximum Gasteiger partial charge on any atom is 0.303 e. The number of aliphatic carboxylic acids is 1. The minimum atomic E-state index is -1.73. The number of primary amides is 1. The Hall–Kier alpha value is -6.91. The maximum absolute atomic E-state index is 14.2. The normalized spacial score (nSPS) is 21.2. The molecule has 12 N–H and O–H groups in total. The molecule has 23 nitrogen and oxygen atoms in total. The van der Waals surface area contributed by atoms with Gasteiger partial charge < -0.3 is 58.1 Å². The molecular formula is C40H56N12O11. The van der Waals surface area contributed by atoms with Gasteiger partial charge in [-0.2, -0.15) is 0 Å². The standard InChI is InChI=1S/C40H56N12O11/c1-19(2)12-28-36(59)47-29(37(60)45-27(34(41)57)13-22-15-42-25-9-7-6-8-24(22)25)14-23-16-52(51-50-23)17-30(48-40(63)33(20(3)4)43-21(5)54)38(61)49-31(18-53)39(62)44-26(35(58)46-28)10-11-32(55)56/h6-9,15-16,19-20,26-31,33,42,53H,10-14,17-18H2,1-5H3,(H2,41,57)(H,43,54)(H,44,62)(H,45,60)(H,46,58)(H,47,59)(H,48,63)(H,49,61)(H,55,56)/t26-,27-,28-,29-,30-,31-,33-/m0/s1. The Bertz CT molecular complexity index is 2170. The van der Waals surface area contributed by atoms with Crippen LogP contribution < -0.4 is 43.0 Å². The van der Waals surface area contributed by atoms with Crippen LogP contribution in [0.3, 0.4) is 0 Å². The van der Waals surface area contributed by atoms with Gasteiger partial charge in [0.15, 0.2) is 0 Å². The van der Waals surface area contributed by atoms with Gasteiger partial charge in [0.2, 0.25) is 47.3 Å². The van der Waals surface area contributed by atoms with E-state index in [4.69, 9.17) is 5.73 Å². The van der Waals surface area contributed by atoms with Gasteiger partial charge in [0, 0.05) is 49.5 Å². The summed E-state index contributed by atoms with van der Waals surface area (Å²) in [6.07, 6.45) is 1.53. The van der Waals surface area contributed by atoms with E-state index in [0.29, 0.717) is 5.56 Å². The molecule has 0 fully saturated rings. The van der Waals surface area contributed by atoms with Gasteiger partial charge in [-0.3, -0.25) is 43.2 Å². The number of para-hydroxylation sites is 1.